The molecule has 45 valence electrons. The number of hydrogen-bond acceptors (Lipinski definition) is 2. The molecule has 1 aromatic rings. The van der Waals surface area contributed by atoms with Crippen molar-refractivity contribution in [2.24, 2.45) is 0 Å². The van der Waals surface area contributed by atoms with Crippen LogP contribution in [0.5, 0.6) is 5.75 Å². The van der Waals surface area contributed by atoms with Crippen LogP contribution >= 0.6 is 0 Å². The molecule has 0 saturated heterocycles. The highest BCUT2D eigenvalue weighted by Crippen LogP contribution is 2.03. The molecule has 9 heavy (non-hydrogen) atoms. The molecule has 0 saturated carbocycles. The average molecular weight is 120 g/mol. The number of aromatic nitrogens is 1. The van der Waals surface area contributed by atoms with Gasteiger partial charge >= 0.3 is 0 Å². The van der Waals surface area contributed by atoms with E-state index in [1.54, 1.807) is 31.6 Å². The Morgan fingerprint density at radius 2 is 1.89 bits per heavy atom. The van der Waals surface area contributed by atoms with E-state index in [-0.39, 0.29) is 8.41 Å². The van der Waals surface area contributed by atoms with Crippen LogP contribution in [0.2, 0.25) is 0 Å². The first-order valence-corrected chi connectivity index (χ1v) is 2.37. The number of hydrogen-bond donors (Lipinski definition) is 0. The molecule has 0 atom stereocenters. The molecule has 2 nitrogen and oxygen atoms in total. The molecule has 0 amide bonds. The standard InChI is InChI=1S/C6H7NO.B/c1-8-6-2-4-7-5-3-6;/h2-5H,1H3;. The van der Waals surface area contributed by atoms with E-state index in [2.05, 4.69) is 4.98 Å². The normalized spacial score (nSPS) is 7.67. The maximum Gasteiger partial charge on any atom is 0.121 e. The van der Waals surface area contributed by atoms with Crippen molar-refractivity contribution in [3.05, 3.63) is 24.5 Å². The minimum atomic E-state index is 0. The van der Waals surface area contributed by atoms with Gasteiger partial charge in [-0.2, -0.15) is 0 Å². The molecule has 1 aromatic heterocycles. The first-order chi connectivity index (χ1) is 3.93. The Bertz CT molecular complexity index is 154. The van der Waals surface area contributed by atoms with Crippen LogP contribution in [0.3, 0.4) is 0 Å². The van der Waals surface area contributed by atoms with Gasteiger partial charge in [-0.1, -0.05) is 0 Å². The zero-order valence-electron chi connectivity index (χ0n) is 5.24. The Balaban J connectivity index is 0.000000640. The van der Waals surface area contributed by atoms with E-state index in [1.165, 1.54) is 0 Å². The second-order valence-corrected chi connectivity index (χ2v) is 1.39. The third-order valence-electron chi connectivity index (χ3n) is 0.885. The van der Waals surface area contributed by atoms with Gasteiger partial charge in [-0.15, -0.1) is 0 Å². The summed E-state index contributed by atoms with van der Waals surface area (Å²) in [5.74, 6) is 0.847. The summed E-state index contributed by atoms with van der Waals surface area (Å²) in [4.78, 5) is 3.81. The molecule has 0 unspecified atom stereocenters. The van der Waals surface area contributed by atoms with Gasteiger partial charge < -0.3 is 4.74 Å². The molecule has 0 fully saturated rings. The molecule has 0 aliphatic rings. The van der Waals surface area contributed by atoms with Crippen LogP contribution in [0.25, 0.3) is 0 Å². The number of nitrogens with zero attached hydrogens (tertiary/aromatic N) is 1. The topological polar surface area (TPSA) is 22.1 Å². The Morgan fingerprint density at radius 1 is 1.33 bits per heavy atom. The molecular weight excluding hydrogens is 113 g/mol. The van der Waals surface area contributed by atoms with Crippen molar-refractivity contribution in [2.75, 3.05) is 7.11 Å². The van der Waals surface area contributed by atoms with Gasteiger partial charge in [-0.3, -0.25) is 4.98 Å². The summed E-state index contributed by atoms with van der Waals surface area (Å²) >= 11 is 0. The fraction of sp³-hybridized carbons (Fsp3) is 0.167. The van der Waals surface area contributed by atoms with Crippen LogP contribution < -0.4 is 4.74 Å². The lowest BCUT2D eigenvalue weighted by atomic mass is 10.5. The fourth-order valence-electron chi connectivity index (χ4n) is 0.474. The van der Waals surface area contributed by atoms with E-state index in [0.29, 0.717) is 0 Å². The molecule has 0 aliphatic carbocycles. The van der Waals surface area contributed by atoms with Gasteiger partial charge in [-0.05, 0) is 12.1 Å². The predicted molar refractivity (Wildman–Crippen MR) is 36.5 cm³/mol. The Hall–Kier alpha value is -0.985. The van der Waals surface area contributed by atoms with Crippen LogP contribution in [0.1, 0.15) is 0 Å². The largest absolute Gasteiger partial charge is 0.497 e. The fourth-order valence-corrected chi connectivity index (χ4v) is 0.474. The summed E-state index contributed by atoms with van der Waals surface area (Å²) in [5.41, 5.74) is 0. The third kappa shape index (κ3) is 2.17. The molecule has 0 aromatic carbocycles. The van der Waals surface area contributed by atoms with Gasteiger partial charge in [0.05, 0.1) is 7.11 Å². The van der Waals surface area contributed by atoms with Gasteiger partial charge in [0.1, 0.15) is 5.75 Å². The lowest BCUT2D eigenvalue weighted by Crippen LogP contribution is -1.80. The average Bonchev–Trinajstić information content (AvgIpc) is 1.90. The highest BCUT2D eigenvalue weighted by molar-refractivity contribution is 5.75. The van der Waals surface area contributed by atoms with Gasteiger partial charge in [-0.25, -0.2) is 0 Å². The van der Waals surface area contributed by atoms with Crippen LogP contribution in [-0.2, 0) is 0 Å². The smallest absolute Gasteiger partial charge is 0.121 e. The monoisotopic (exact) mass is 120 g/mol. The van der Waals surface area contributed by atoms with Gasteiger partial charge in [0.15, 0.2) is 0 Å². The van der Waals surface area contributed by atoms with Gasteiger partial charge in [0, 0.05) is 20.8 Å². The quantitative estimate of drug-likeness (QED) is 0.509. The molecular formula is C6H7BNO. The van der Waals surface area contributed by atoms with Crippen molar-refractivity contribution in [1.29, 1.82) is 0 Å². The second-order valence-electron chi connectivity index (χ2n) is 1.39. The molecule has 1 heterocycles. The Labute approximate surface area is 56.5 Å². The first kappa shape index (κ1) is 8.01. The third-order valence-corrected chi connectivity index (χ3v) is 0.885. The van der Waals surface area contributed by atoms with E-state index in [0.717, 1.165) is 5.75 Å². The lowest BCUT2D eigenvalue weighted by Gasteiger charge is -1.93. The highest BCUT2D eigenvalue weighted by Gasteiger charge is 1.81. The number of rotatable bonds is 1. The maximum atomic E-state index is 4.87. The van der Waals surface area contributed by atoms with Crippen LogP contribution in [0.4, 0.5) is 0 Å². The van der Waals surface area contributed by atoms with E-state index in [9.17, 15) is 0 Å². The van der Waals surface area contributed by atoms with Crippen LogP contribution in [0.15, 0.2) is 24.5 Å². The Kier molecular flexibility index (Phi) is 3.52. The molecule has 0 N–H and O–H groups in total. The van der Waals surface area contributed by atoms with Crippen molar-refractivity contribution in [1.82, 2.24) is 4.98 Å². The van der Waals surface area contributed by atoms with Crippen molar-refractivity contribution in [2.45, 2.75) is 0 Å². The number of methoxy groups -OCH3 is 1. The van der Waals surface area contributed by atoms with E-state index >= 15 is 0 Å². The van der Waals surface area contributed by atoms with E-state index in [4.69, 9.17) is 4.74 Å². The van der Waals surface area contributed by atoms with E-state index < -0.39 is 0 Å². The zero-order chi connectivity index (χ0) is 5.82. The first-order valence-electron chi connectivity index (χ1n) is 2.37. The summed E-state index contributed by atoms with van der Waals surface area (Å²) in [5, 5.41) is 0. The highest BCUT2D eigenvalue weighted by atomic mass is 16.5. The number of pyridine rings is 1. The van der Waals surface area contributed by atoms with Crippen molar-refractivity contribution in [3.8, 4) is 5.75 Å². The zero-order valence-corrected chi connectivity index (χ0v) is 5.24. The number of ether oxygens (including phenoxy) is 1. The summed E-state index contributed by atoms with van der Waals surface area (Å²) < 4.78 is 4.87. The SMILES string of the molecule is COc1ccncc1.[B]. The molecule has 0 spiro atoms. The van der Waals surface area contributed by atoms with Crippen molar-refractivity contribution >= 4 is 8.41 Å². The van der Waals surface area contributed by atoms with E-state index in [1.807, 2.05) is 0 Å². The minimum Gasteiger partial charge on any atom is -0.497 e. The van der Waals surface area contributed by atoms with Crippen molar-refractivity contribution in [3.63, 3.8) is 0 Å². The molecule has 3 radical (unpaired) electrons. The molecule has 3 heteroatoms. The predicted octanol–water partition coefficient (Wildman–Crippen LogP) is 0.709. The maximum absolute atomic E-state index is 4.87. The van der Waals surface area contributed by atoms with Gasteiger partial charge in [0.25, 0.3) is 0 Å². The molecule has 0 aliphatic heterocycles. The van der Waals surface area contributed by atoms with Crippen LogP contribution in [0, 0.1) is 0 Å². The summed E-state index contributed by atoms with van der Waals surface area (Å²) in [6.45, 7) is 0. The van der Waals surface area contributed by atoms with Gasteiger partial charge in [0.2, 0.25) is 0 Å². The summed E-state index contributed by atoms with van der Waals surface area (Å²) in [7, 11) is 1.63. The lowest BCUT2D eigenvalue weighted by molar-refractivity contribution is 0.414. The van der Waals surface area contributed by atoms with Crippen molar-refractivity contribution < 1.29 is 4.74 Å². The second kappa shape index (κ2) is 3.95. The Morgan fingerprint density at radius 3 is 2.22 bits per heavy atom. The molecule has 1 rings (SSSR count). The van der Waals surface area contributed by atoms with Crippen LogP contribution in [-0.4, -0.2) is 20.5 Å². The molecule has 0 bridgehead atoms. The summed E-state index contributed by atoms with van der Waals surface area (Å²) in [6, 6.07) is 3.61. The summed E-state index contributed by atoms with van der Waals surface area (Å²) in [6.07, 6.45) is 3.39. The minimum absolute atomic E-state index is 0.